The van der Waals surface area contributed by atoms with E-state index in [9.17, 15) is 4.79 Å². The lowest BCUT2D eigenvalue weighted by molar-refractivity contribution is 0.0895. The van der Waals surface area contributed by atoms with Gasteiger partial charge >= 0.3 is 0 Å². The number of H-pyrrole nitrogens is 1. The first-order chi connectivity index (χ1) is 13.1. The second-order valence-corrected chi connectivity index (χ2v) is 7.29. The highest BCUT2D eigenvalue weighted by Crippen LogP contribution is 2.18. The van der Waals surface area contributed by atoms with Gasteiger partial charge in [0.15, 0.2) is 5.11 Å². The Kier molecular flexibility index (Phi) is 6.82. The van der Waals surface area contributed by atoms with Crippen LogP contribution in [0.25, 0.3) is 10.9 Å². The number of rotatable bonds is 7. The number of benzene rings is 1. The fourth-order valence-electron chi connectivity index (χ4n) is 3.38. The molecule has 1 aromatic carbocycles. The Morgan fingerprint density at radius 1 is 1.48 bits per heavy atom. The van der Waals surface area contributed by atoms with Crippen molar-refractivity contribution in [2.45, 2.75) is 32.4 Å². The Morgan fingerprint density at radius 3 is 3.07 bits per heavy atom. The van der Waals surface area contributed by atoms with Gasteiger partial charge in [0.1, 0.15) is 0 Å². The third-order valence-electron chi connectivity index (χ3n) is 4.84. The molecule has 1 fully saturated rings. The first-order valence-electron chi connectivity index (χ1n) is 9.33. The summed E-state index contributed by atoms with van der Waals surface area (Å²) in [5.74, 6) is 0. The lowest BCUT2D eigenvalue weighted by Gasteiger charge is -2.28. The van der Waals surface area contributed by atoms with Crippen LogP contribution in [0.4, 0.5) is 0 Å². The molecule has 146 valence electrons. The molecular weight excluding hydrogens is 362 g/mol. The minimum atomic E-state index is -0.0752. The first kappa shape index (κ1) is 19.8. The number of aryl methyl sites for hydroxylation is 1. The standard InChI is InChI=1S/C20H27N3O3S/c1-14-5-3-6-15-11-16(19(24)22-18(14)15)12-23(13-17-7-4-9-26-17)20(27)21-8-10-25-2/h3,5-6,11,17H,4,7-10,12-13H2,1-2H3,(H,21,27)(H,22,24)/t17-/m1/s1. The molecule has 3 rings (SSSR count). The van der Waals surface area contributed by atoms with Crippen molar-refractivity contribution < 1.29 is 9.47 Å². The molecule has 0 saturated carbocycles. The van der Waals surface area contributed by atoms with Gasteiger partial charge in [-0.05, 0) is 49.0 Å². The van der Waals surface area contributed by atoms with E-state index in [-0.39, 0.29) is 11.7 Å². The molecular formula is C20H27N3O3S. The van der Waals surface area contributed by atoms with E-state index in [0.717, 1.165) is 35.9 Å². The Labute approximate surface area is 164 Å². The van der Waals surface area contributed by atoms with E-state index in [0.29, 0.717) is 36.9 Å². The quantitative estimate of drug-likeness (QED) is 0.560. The molecule has 1 aliphatic rings. The van der Waals surface area contributed by atoms with Crippen LogP contribution in [-0.4, -0.2) is 54.5 Å². The van der Waals surface area contributed by atoms with E-state index in [4.69, 9.17) is 21.7 Å². The number of aromatic amines is 1. The predicted molar refractivity (Wildman–Crippen MR) is 111 cm³/mol. The number of fused-ring (bicyclic) bond motifs is 1. The monoisotopic (exact) mass is 389 g/mol. The number of aromatic nitrogens is 1. The average Bonchev–Trinajstić information content (AvgIpc) is 3.16. The number of nitrogens with zero attached hydrogens (tertiary/aromatic N) is 1. The molecule has 0 radical (unpaired) electrons. The fraction of sp³-hybridized carbons (Fsp3) is 0.500. The van der Waals surface area contributed by atoms with Crippen molar-refractivity contribution >= 4 is 28.2 Å². The van der Waals surface area contributed by atoms with Crippen LogP contribution in [0.5, 0.6) is 0 Å². The Balaban J connectivity index is 1.81. The van der Waals surface area contributed by atoms with Gasteiger partial charge in [0.2, 0.25) is 0 Å². The normalized spacial score (nSPS) is 16.6. The zero-order valence-electron chi connectivity index (χ0n) is 15.9. The van der Waals surface area contributed by atoms with Crippen LogP contribution in [-0.2, 0) is 16.0 Å². The summed E-state index contributed by atoms with van der Waals surface area (Å²) in [4.78, 5) is 17.7. The van der Waals surface area contributed by atoms with Crippen LogP contribution in [0.15, 0.2) is 29.1 Å². The number of hydrogen-bond acceptors (Lipinski definition) is 4. The molecule has 1 atom stereocenters. The SMILES string of the molecule is COCCNC(=S)N(Cc1cc2cccc(C)c2[nH]c1=O)C[C@H]1CCCO1. The molecule has 2 aromatic rings. The van der Waals surface area contributed by atoms with Gasteiger partial charge < -0.3 is 24.7 Å². The van der Waals surface area contributed by atoms with Crippen LogP contribution < -0.4 is 10.9 Å². The summed E-state index contributed by atoms with van der Waals surface area (Å²) in [5.41, 5.74) is 2.57. The number of nitrogens with one attached hydrogen (secondary N) is 2. The summed E-state index contributed by atoms with van der Waals surface area (Å²) in [7, 11) is 1.66. The van der Waals surface area contributed by atoms with E-state index < -0.39 is 0 Å². The van der Waals surface area contributed by atoms with E-state index in [2.05, 4.69) is 10.3 Å². The number of ether oxygens (including phenoxy) is 2. The summed E-state index contributed by atoms with van der Waals surface area (Å²) in [6.07, 6.45) is 2.23. The molecule has 27 heavy (non-hydrogen) atoms. The summed E-state index contributed by atoms with van der Waals surface area (Å²) in [6, 6.07) is 7.97. The maximum atomic E-state index is 12.6. The highest BCUT2D eigenvalue weighted by molar-refractivity contribution is 7.80. The second-order valence-electron chi connectivity index (χ2n) is 6.90. The molecule has 0 bridgehead atoms. The molecule has 1 aliphatic heterocycles. The fourth-order valence-corrected chi connectivity index (χ4v) is 3.62. The van der Waals surface area contributed by atoms with Crippen molar-refractivity contribution in [3.8, 4) is 0 Å². The van der Waals surface area contributed by atoms with Crippen LogP contribution in [0.3, 0.4) is 0 Å². The van der Waals surface area contributed by atoms with Gasteiger partial charge in [-0.15, -0.1) is 0 Å². The molecule has 2 N–H and O–H groups in total. The van der Waals surface area contributed by atoms with E-state index in [1.54, 1.807) is 7.11 Å². The minimum Gasteiger partial charge on any atom is -0.383 e. The molecule has 6 nitrogen and oxygen atoms in total. The summed E-state index contributed by atoms with van der Waals surface area (Å²) in [5, 5.41) is 4.85. The molecule has 0 aliphatic carbocycles. The summed E-state index contributed by atoms with van der Waals surface area (Å²) in [6.45, 7) is 5.10. The van der Waals surface area contributed by atoms with Crippen molar-refractivity contribution in [1.82, 2.24) is 15.2 Å². The van der Waals surface area contributed by atoms with Crippen molar-refractivity contribution in [3.63, 3.8) is 0 Å². The second kappa shape index (κ2) is 9.30. The third-order valence-corrected chi connectivity index (χ3v) is 5.25. The number of hydrogen-bond donors (Lipinski definition) is 2. The van der Waals surface area contributed by atoms with Crippen molar-refractivity contribution in [3.05, 3.63) is 45.7 Å². The van der Waals surface area contributed by atoms with Gasteiger partial charge in [0, 0.05) is 32.4 Å². The van der Waals surface area contributed by atoms with Crippen LogP contribution in [0, 0.1) is 6.92 Å². The minimum absolute atomic E-state index is 0.0752. The largest absolute Gasteiger partial charge is 0.383 e. The van der Waals surface area contributed by atoms with Crippen molar-refractivity contribution in [2.75, 3.05) is 33.4 Å². The number of thiocarbonyl (C=S) groups is 1. The number of methoxy groups -OCH3 is 1. The van der Waals surface area contributed by atoms with Gasteiger partial charge in [-0.1, -0.05) is 18.2 Å². The molecule has 1 saturated heterocycles. The first-order valence-corrected chi connectivity index (χ1v) is 9.74. The maximum Gasteiger partial charge on any atom is 0.253 e. The summed E-state index contributed by atoms with van der Waals surface area (Å²) < 4.78 is 10.9. The Bertz CT molecular complexity index is 846. The van der Waals surface area contributed by atoms with Crippen LogP contribution in [0.1, 0.15) is 24.0 Å². The number of pyridine rings is 1. The highest BCUT2D eigenvalue weighted by Gasteiger charge is 2.22. The van der Waals surface area contributed by atoms with Crippen LogP contribution in [0.2, 0.25) is 0 Å². The molecule has 0 amide bonds. The summed E-state index contributed by atoms with van der Waals surface area (Å²) >= 11 is 5.57. The maximum absolute atomic E-state index is 12.6. The van der Waals surface area contributed by atoms with Gasteiger partial charge in [-0.2, -0.15) is 0 Å². The van der Waals surface area contributed by atoms with Gasteiger partial charge in [-0.25, -0.2) is 0 Å². The predicted octanol–water partition coefficient (Wildman–Crippen LogP) is 2.34. The van der Waals surface area contributed by atoms with E-state index in [1.165, 1.54) is 0 Å². The average molecular weight is 390 g/mol. The van der Waals surface area contributed by atoms with E-state index in [1.807, 2.05) is 36.1 Å². The Morgan fingerprint density at radius 2 is 2.33 bits per heavy atom. The lowest BCUT2D eigenvalue weighted by atomic mass is 10.1. The zero-order chi connectivity index (χ0) is 19.2. The zero-order valence-corrected chi connectivity index (χ0v) is 16.7. The molecule has 0 spiro atoms. The molecule has 7 heteroatoms. The smallest absolute Gasteiger partial charge is 0.253 e. The molecule has 1 aromatic heterocycles. The van der Waals surface area contributed by atoms with Crippen molar-refractivity contribution in [2.24, 2.45) is 0 Å². The topological polar surface area (TPSA) is 66.6 Å². The lowest BCUT2D eigenvalue weighted by Crippen LogP contribution is -2.44. The Hall–Kier alpha value is -1.96. The highest BCUT2D eigenvalue weighted by atomic mass is 32.1. The van der Waals surface area contributed by atoms with Gasteiger partial charge in [0.25, 0.3) is 5.56 Å². The van der Waals surface area contributed by atoms with Crippen LogP contribution >= 0.6 is 12.2 Å². The third kappa shape index (κ3) is 5.06. The van der Waals surface area contributed by atoms with Gasteiger partial charge in [0.05, 0.1) is 24.8 Å². The van der Waals surface area contributed by atoms with E-state index >= 15 is 0 Å². The van der Waals surface area contributed by atoms with Gasteiger partial charge in [-0.3, -0.25) is 4.79 Å². The molecule has 0 unspecified atom stereocenters. The number of para-hydroxylation sites is 1. The van der Waals surface area contributed by atoms with Crippen molar-refractivity contribution in [1.29, 1.82) is 0 Å². The molecule has 2 heterocycles.